The van der Waals surface area contributed by atoms with Crippen LogP contribution in [0.15, 0.2) is 93.6 Å². The van der Waals surface area contributed by atoms with Gasteiger partial charge in [0, 0.05) is 11.1 Å². The van der Waals surface area contributed by atoms with Crippen molar-refractivity contribution in [3.8, 4) is 0 Å². The molecule has 0 saturated heterocycles. The van der Waals surface area contributed by atoms with E-state index in [1.165, 1.54) is 6.07 Å². The minimum atomic E-state index is -0.914. The van der Waals surface area contributed by atoms with Crippen LogP contribution in [-0.2, 0) is 5.66 Å². The first-order chi connectivity index (χ1) is 12.2. The van der Waals surface area contributed by atoms with Crippen LogP contribution in [0.5, 0.6) is 0 Å². The summed E-state index contributed by atoms with van der Waals surface area (Å²) in [7, 11) is 0. The fourth-order valence-corrected chi connectivity index (χ4v) is 3.04. The van der Waals surface area contributed by atoms with Crippen LogP contribution < -0.4 is 27.4 Å². The topological polar surface area (TPSA) is 79.8 Å². The molecule has 0 fully saturated rings. The monoisotopic (exact) mass is 328 g/mol. The maximum atomic E-state index is 12.1. The molecule has 3 aromatic rings. The van der Waals surface area contributed by atoms with E-state index in [-0.39, 0.29) is 5.43 Å². The number of nitrogens with one attached hydrogen (secondary N) is 1. The Bertz CT molecular complexity index is 1080. The van der Waals surface area contributed by atoms with Gasteiger partial charge in [-0.1, -0.05) is 54.6 Å². The Hall–Kier alpha value is -3.31. The Morgan fingerprint density at radius 2 is 1.28 bits per heavy atom. The summed E-state index contributed by atoms with van der Waals surface area (Å²) in [5.74, 6) is 5.43. The van der Waals surface area contributed by atoms with Gasteiger partial charge in [-0.3, -0.25) is 10.6 Å². The van der Waals surface area contributed by atoms with Crippen molar-refractivity contribution >= 4 is 5.69 Å². The lowest BCUT2D eigenvalue weighted by molar-refractivity contribution is 0.570. The Kier molecular flexibility index (Phi) is 3.63. The first-order valence-electron chi connectivity index (χ1n) is 7.95. The molecule has 0 unspecified atom stereocenters. The molecular formula is C20H16N4O. The molecule has 0 atom stereocenters. The van der Waals surface area contributed by atoms with E-state index >= 15 is 0 Å². The maximum absolute atomic E-state index is 12.1. The number of fused-ring (bicyclic) bond motifs is 1. The molecule has 5 heteroatoms. The number of rotatable bonds is 3. The molecule has 0 aromatic heterocycles. The fourth-order valence-electron chi connectivity index (χ4n) is 3.04. The zero-order valence-electron chi connectivity index (χ0n) is 13.4. The van der Waals surface area contributed by atoms with Crippen molar-refractivity contribution < 1.29 is 0 Å². The van der Waals surface area contributed by atoms with Gasteiger partial charge in [-0.15, -0.1) is 0 Å². The van der Waals surface area contributed by atoms with Crippen LogP contribution in [0.3, 0.4) is 0 Å². The predicted molar refractivity (Wildman–Crippen MR) is 96.5 cm³/mol. The van der Waals surface area contributed by atoms with Crippen LogP contribution in [-0.4, -0.2) is 0 Å². The van der Waals surface area contributed by atoms with Gasteiger partial charge in [0.1, 0.15) is 0 Å². The van der Waals surface area contributed by atoms with Crippen LogP contribution in [0.4, 0.5) is 5.69 Å². The van der Waals surface area contributed by atoms with Crippen molar-refractivity contribution in [3.63, 3.8) is 0 Å². The van der Waals surface area contributed by atoms with Crippen molar-refractivity contribution in [1.29, 1.82) is 0 Å². The lowest BCUT2D eigenvalue weighted by Crippen LogP contribution is -2.21. The molecule has 1 aliphatic heterocycles. The zero-order valence-corrected chi connectivity index (χ0v) is 13.4. The van der Waals surface area contributed by atoms with Gasteiger partial charge in [0.15, 0.2) is 0 Å². The number of nitrogens with two attached hydrogens (primary N) is 1. The van der Waals surface area contributed by atoms with Gasteiger partial charge in [0.2, 0.25) is 11.1 Å². The molecule has 3 N–H and O–H groups in total. The first kappa shape index (κ1) is 15.2. The predicted octanol–water partition coefficient (Wildman–Crippen LogP) is 1.49. The maximum Gasteiger partial charge on any atom is 0.202 e. The van der Waals surface area contributed by atoms with Gasteiger partial charge in [-0.2, -0.15) is 0 Å². The molecule has 0 radical (unpaired) electrons. The molecule has 25 heavy (non-hydrogen) atoms. The normalized spacial score (nSPS) is 14.1. The third-order valence-corrected chi connectivity index (χ3v) is 4.29. The molecule has 1 aliphatic rings. The number of nitrogen functional groups attached to an aromatic ring is 1. The fraction of sp³-hybridized carbons (Fsp3) is 0.0500. The standard InChI is InChI=1S/C20H16N4O/c21-24-18-12-10-15(11-13-19(18)25)20(14-6-2-1-3-7-14)22-16-8-4-5-9-17(16)23-20/h1-13H,21H2,(H,24,25). The molecule has 1 heterocycles. The van der Waals surface area contributed by atoms with E-state index in [0.717, 1.165) is 21.8 Å². The highest BCUT2D eigenvalue weighted by atomic mass is 16.1. The molecule has 5 nitrogen and oxygen atoms in total. The van der Waals surface area contributed by atoms with E-state index in [0.29, 0.717) is 5.69 Å². The smallest absolute Gasteiger partial charge is 0.202 e. The molecule has 4 rings (SSSR count). The van der Waals surface area contributed by atoms with Crippen molar-refractivity contribution in [2.75, 3.05) is 5.43 Å². The van der Waals surface area contributed by atoms with E-state index < -0.39 is 5.66 Å². The highest BCUT2D eigenvalue weighted by Crippen LogP contribution is 2.35. The third-order valence-electron chi connectivity index (χ3n) is 4.29. The Labute approximate surface area is 144 Å². The number of benzene rings is 2. The van der Waals surface area contributed by atoms with Crippen molar-refractivity contribution in [2.45, 2.75) is 5.66 Å². The summed E-state index contributed by atoms with van der Waals surface area (Å²) in [6, 6.07) is 24.4. The molecular weight excluding hydrogens is 312 g/mol. The SMILES string of the molecule is NNc1ccc(C2(c3ccccc3)N=c3ccccc3=N2)ccc1=O. The van der Waals surface area contributed by atoms with Crippen molar-refractivity contribution in [1.82, 2.24) is 0 Å². The number of hydrogen-bond acceptors (Lipinski definition) is 5. The van der Waals surface area contributed by atoms with Crippen LogP contribution in [0.1, 0.15) is 11.1 Å². The zero-order chi connectivity index (χ0) is 17.3. The van der Waals surface area contributed by atoms with Gasteiger partial charge in [0.25, 0.3) is 0 Å². The van der Waals surface area contributed by atoms with Gasteiger partial charge in [-0.25, -0.2) is 9.98 Å². The highest BCUT2D eigenvalue weighted by Gasteiger charge is 2.35. The molecule has 0 saturated carbocycles. The minimum absolute atomic E-state index is 0.188. The lowest BCUT2D eigenvalue weighted by Gasteiger charge is -2.23. The van der Waals surface area contributed by atoms with E-state index in [9.17, 15) is 4.79 Å². The second-order valence-electron chi connectivity index (χ2n) is 5.79. The summed E-state index contributed by atoms with van der Waals surface area (Å²) < 4.78 is 0. The van der Waals surface area contributed by atoms with Gasteiger partial charge in [-0.05, 0) is 24.3 Å². The quantitative estimate of drug-likeness (QED) is 0.565. The third kappa shape index (κ3) is 2.51. The molecule has 0 spiro atoms. The molecule has 3 aromatic carbocycles. The minimum Gasteiger partial charge on any atom is -0.321 e. The summed E-state index contributed by atoms with van der Waals surface area (Å²) in [6.45, 7) is 0. The van der Waals surface area contributed by atoms with Gasteiger partial charge < -0.3 is 5.43 Å². The second-order valence-corrected chi connectivity index (χ2v) is 5.79. The lowest BCUT2D eigenvalue weighted by atomic mass is 9.93. The van der Waals surface area contributed by atoms with Crippen LogP contribution in [0.25, 0.3) is 0 Å². The van der Waals surface area contributed by atoms with E-state index in [1.807, 2.05) is 60.7 Å². The number of nitrogens with zero attached hydrogens (tertiary/aromatic N) is 2. The van der Waals surface area contributed by atoms with Crippen molar-refractivity contribution in [2.24, 2.45) is 15.8 Å². The van der Waals surface area contributed by atoms with E-state index in [2.05, 4.69) is 5.43 Å². The van der Waals surface area contributed by atoms with E-state index in [1.54, 1.807) is 12.1 Å². The second kappa shape index (κ2) is 5.96. The summed E-state index contributed by atoms with van der Waals surface area (Å²) >= 11 is 0. The summed E-state index contributed by atoms with van der Waals surface area (Å²) in [5, 5.41) is 1.66. The number of anilines is 1. The van der Waals surface area contributed by atoms with Crippen molar-refractivity contribution in [3.05, 3.63) is 111 Å². The molecule has 122 valence electrons. The van der Waals surface area contributed by atoms with Crippen LogP contribution in [0, 0.1) is 0 Å². The van der Waals surface area contributed by atoms with Crippen LogP contribution >= 0.6 is 0 Å². The number of para-hydroxylation sites is 2. The number of hydrogen-bond donors (Lipinski definition) is 2. The van der Waals surface area contributed by atoms with E-state index in [4.69, 9.17) is 15.8 Å². The first-order valence-corrected chi connectivity index (χ1v) is 7.95. The molecule has 0 amide bonds. The molecule has 0 bridgehead atoms. The average molecular weight is 328 g/mol. The van der Waals surface area contributed by atoms with Gasteiger partial charge in [0.05, 0.1) is 16.4 Å². The Balaban J connectivity index is 2.04. The summed E-state index contributed by atoms with van der Waals surface area (Å²) in [5.41, 5.74) is 3.39. The highest BCUT2D eigenvalue weighted by molar-refractivity contribution is 5.46. The summed E-state index contributed by atoms with van der Waals surface area (Å²) in [6.07, 6.45) is 0. The largest absolute Gasteiger partial charge is 0.321 e. The van der Waals surface area contributed by atoms with Gasteiger partial charge >= 0.3 is 0 Å². The Morgan fingerprint density at radius 1 is 0.720 bits per heavy atom. The summed E-state index contributed by atoms with van der Waals surface area (Å²) in [4.78, 5) is 21.9. The van der Waals surface area contributed by atoms with Crippen LogP contribution in [0.2, 0.25) is 0 Å². The Morgan fingerprint density at radius 3 is 1.92 bits per heavy atom. The number of hydrazine groups is 1. The average Bonchev–Trinajstić information content (AvgIpc) is 2.95. The molecule has 0 aliphatic carbocycles.